The van der Waals surface area contributed by atoms with Gasteiger partial charge in [-0.3, -0.25) is 9.78 Å². The van der Waals surface area contributed by atoms with Crippen LogP contribution in [0.5, 0.6) is 11.5 Å². The van der Waals surface area contributed by atoms with Gasteiger partial charge in [-0.05, 0) is 37.1 Å². The number of hydrogen-bond acceptors (Lipinski definition) is 4. The maximum Gasteiger partial charge on any atom is 0.220 e. The van der Waals surface area contributed by atoms with E-state index in [4.69, 9.17) is 9.47 Å². The Bertz CT molecular complexity index is 692. The van der Waals surface area contributed by atoms with Crippen molar-refractivity contribution in [2.45, 2.75) is 25.8 Å². The first kappa shape index (κ1) is 17.7. The summed E-state index contributed by atoms with van der Waals surface area (Å²) in [6, 6.07) is 6.06. The van der Waals surface area contributed by atoms with E-state index in [1.165, 1.54) is 20.3 Å². The number of nitrogens with zero attached hydrogens (tertiary/aromatic N) is 1. The predicted molar refractivity (Wildman–Crippen MR) is 88.6 cm³/mol. The summed E-state index contributed by atoms with van der Waals surface area (Å²) in [7, 11) is 2.93. The van der Waals surface area contributed by atoms with Gasteiger partial charge in [-0.25, -0.2) is 4.39 Å². The van der Waals surface area contributed by atoms with Crippen molar-refractivity contribution >= 4 is 5.91 Å². The van der Waals surface area contributed by atoms with E-state index in [0.29, 0.717) is 29.9 Å². The van der Waals surface area contributed by atoms with Crippen LogP contribution in [0.25, 0.3) is 0 Å². The summed E-state index contributed by atoms with van der Waals surface area (Å²) < 4.78 is 24.5. The molecule has 0 bridgehead atoms. The van der Waals surface area contributed by atoms with Crippen LogP contribution in [0.4, 0.5) is 4.39 Å². The van der Waals surface area contributed by atoms with E-state index >= 15 is 0 Å². The molecule has 1 heterocycles. The summed E-state index contributed by atoms with van der Waals surface area (Å²) in [5.41, 5.74) is 1.38. The van der Waals surface area contributed by atoms with Crippen molar-refractivity contribution in [2.24, 2.45) is 0 Å². The monoisotopic (exact) mass is 332 g/mol. The molecule has 5 nitrogen and oxygen atoms in total. The Hall–Kier alpha value is -2.63. The number of halogens is 1. The molecule has 2 rings (SSSR count). The van der Waals surface area contributed by atoms with Gasteiger partial charge >= 0.3 is 0 Å². The quantitative estimate of drug-likeness (QED) is 0.846. The van der Waals surface area contributed by atoms with Gasteiger partial charge in [0.15, 0.2) is 11.5 Å². The fourth-order valence-corrected chi connectivity index (χ4v) is 2.40. The fraction of sp³-hybridized carbons (Fsp3) is 0.333. The minimum Gasteiger partial charge on any atom is -0.493 e. The van der Waals surface area contributed by atoms with Gasteiger partial charge in [-0.15, -0.1) is 0 Å². The Morgan fingerprint density at radius 3 is 2.46 bits per heavy atom. The van der Waals surface area contributed by atoms with Crippen molar-refractivity contribution < 1.29 is 18.7 Å². The number of benzene rings is 1. The van der Waals surface area contributed by atoms with Crippen molar-refractivity contribution in [1.29, 1.82) is 0 Å². The van der Waals surface area contributed by atoms with Crippen molar-refractivity contribution in [3.05, 3.63) is 53.6 Å². The number of rotatable bonds is 7. The average Bonchev–Trinajstić information content (AvgIpc) is 2.60. The summed E-state index contributed by atoms with van der Waals surface area (Å²) in [6.45, 7) is 1.73. The first-order valence-electron chi connectivity index (χ1n) is 7.64. The molecule has 1 atom stereocenters. The highest BCUT2D eigenvalue weighted by Crippen LogP contribution is 2.32. The Balaban J connectivity index is 2.01. The second-order valence-electron chi connectivity index (χ2n) is 5.37. The SMILES string of the molecule is COc1cc(F)c([C@@H](C)NC(=O)CCc2ccncc2)cc1OC. The summed E-state index contributed by atoms with van der Waals surface area (Å²) in [5, 5.41) is 2.81. The maximum atomic E-state index is 14.2. The van der Waals surface area contributed by atoms with E-state index in [9.17, 15) is 9.18 Å². The van der Waals surface area contributed by atoms with Crippen LogP contribution in [0.3, 0.4) is 0 Å². The molecule has 0 radical (unpaired) electrons. The van der Waals surface area contributed by atoms with Gasteiger partial charge in [0.05, 0.1) is 20.3 Å². The average molecular weight is 332 g/mol. The molecule has 0 aliphatic heterocycles. The molecule has 1 amide bonds. The Morgan fingerprint density at radius 1 is 1.21 bits per heavy atom. The van der Waals surface area contributed by atoms with Crippen LogP contribution in [-0.4, -0.2) is 25.1 Å². The number of ether oxygens (including phenoxy) is 2. The van der Waals surface area contributed by atoms with E-state index in [2.05, 4.69) is 10.3 Å². The zero-order valence-corrected chi connectivity index (χ0v) is 14.0. The molecular weight excluding hydrogens is 311 g/mol. The van der Waals surface area contributed by atoms with Gasteiger partial charge < -0.3 is 14.8 Å². The van der Waals surface area contributed by atoms with Crippen LogP contribution >= 0.6 is 0 Å². The van der Waals surface area contributed by atoms with Crippen molar-refractivity contribution in [2.75, 3.05) is 14.2 Å². The normalized spacial score (nSPS) is 11.7. The van der Waals surface area contributed by atoms with Gasteiger partial charge in [0.2, 0.25) is 5.91 Å². The topological polar surface area (TPSA) is 60.5 Å². The third-order valence-corrected chi connectivity index (χ3v) is 3.74. The van der Waals surface area contributed by atoms with E-state index in [0.717, 1.165) is 5.56 Å². The second-order valence-corrected chi connectivity index (χ2v) is 5.37. The van der Waals surface area contributed by atoms with Gasteiger partial charge in [0.1, 0.15) is 5.82 Å². The molecule has 6 heteroatoms. The Morgan fingerprint density at radius 2 is 1.83 bits per heavy atom. The summed E-state index contributed by atoms with van der Waals surface area (Å²) >= 11 is 0. The van der Waals surface area contributed by atoms with E-state index in [-0.39, 0.29) is 5.91 Å². The second kappa shape index (κ2) is 8.29. The fourth-order valence-electron chi connectivity index (χ4n) is 2.40. The van der Waals surface area contributed by atoms with Crippen LogP contribution in [0.2, 0.25) is 0 Å². The highest BCUT2D eigenvalue weighted by molar-refractivity contribution is 5.76. The van der Waals surface area contributed by atoms with Crippen molar-refractivity contribution in [3.63, 3.8) is 0 Å². The molecule has 2 aromatic rings. The van der Waals surface area contributed by atoms with Gasteiger partial charge in [0.25, 0.3) is 0 Å². The molecule has 24 heavy (non-hydrogen) atoms. The first-order chi connectivity index (χ1) is 11.5. The van der Waals surface area contributed by atoms with Crippen LogP contribution in [0.1, 0.15) is 30.5 Å². The van der Waals surface area contributed by atoms with Gasteiger partial charge in [-0.1, -0.05) is 0 Å². The Kier molecular flexibility index (Phi) is 6.12. The number of carbonyl (C=O) groups is 1. The summed E-state index contributed by atoms with van der Waals surface area (Å²) in [4.78, 5) is 16.0. The van der Waals surface area contributed by atoms with Crippen LogP contribution in [0.15, 0.2) is 36.7 Å². The minimum absolute atomic E-state index is 0.145. The van der Waals surface area contributed by atoms with Crippen LogP contribution < -0.4 is 14.8 Å². The number of methoxy groups -OCH3 is 2. The lowest BCUT2D eigenvalue weighted by Crippen LogP contribution is -2.27. The van der Waals surface area contributed by atoms with Crippen LogP contribution in [0, 0.1) is 5.82 Å². The van der Waals surface area contributed by atoms with E-state index in [1.54, 1.807) is 25.4 Å². The number of pyridine rings is 1. The molecule has 1 aromatic heterocycles. The number of aryl methyl sites for hydroxylation is 1. The zero-order chi connectivity index (χ0) is 17.5. The summed E-state index contributed by atoms with van der Waals surface area (Å²) in [5.74, 6) is 0.143. The lowest BCUT2D eigenvalue weighted by atomic mass is 10.1. The molecule has 128 valence electrons. The molecule has 0 saturated carbocycles. The smallest absolute Gasteiger partial charge is 0.220 e. The van der Waals surface area contributed by atoms with Crippen molar-refractivity contribution in [1.82, 2.24) is 10.3 Å². The lowest BCUT2D eigenvalue weighted by molar-refractivity contribution is -0.121. The van der Waals surface area contributed by atoms with Gasteiger partial charge in [0, 0.05) is 30.4 Å². The molecule has 0 unspecified atom stereocenters. The van der Waals surface area contributed by atoms with E-state index in [1.807, 2.05) is 12.1 Å². The number of amides is 1. The maximum absolute atomic E-state index is 14.2. The number of carbonyl (C=O) groups excluding carboxylic acids is 1. The highest BCUT2D eigenvalue weighted by atomic mass is 19.1. The number of aromatic nitrogens is 1. The predicted octanol–water partition coefficient (Wildman–Crippen LogP) is 3.05. The first-order valence-corrected chi connectivity index (χ1v) is 7.64. The zero-order valence-electron chi connectivity index (χ0n) is 14.0. The number of nitrogens with one attached hydrogen (secondary N) is 1. The molecule has 0 fully saturated rings. The molecule has 0 aliphatic rings. The highest BCUT2D eigenvalue weighted by Gasteiger charge is 2.17. The molecule has 1 aromatic carbocycles. The third-order valence-electron chi connectivity index (χ3n) is 3.74. The minimum atomic E-state index is -0.477. The number of hydrogen-bond donors (Lipinski definition) is 1. The van der Waals surface area contributed by atoms with Gasteiger partial charge in [-0.2, -0.15) is 0 Å². The van der Waals surface area contributed by atoms with Crippen molar-refractivity contribution in [3.8, 4) is 11.5 Å². The third kappa shape index (κ3) is 4.44. The molecule has 0 saturated heterocycles. The van der Waals surface area contributed by atoms with E-state index < -0.39 is 11.9 Å². The standard InChI is InChI=1S/C18H21FN2O3/c1-12(14-10-16(23-2)17(24-3)11-15(14)19)21-18(22)5-4-13-6-8-20-9-7-13/h6-12H,4-5H2,1-3H3,(H,21,22)/t12-/m1/s1. The molecule has 1 N–H and O–H groups in total. The molecule has 0 spiro atoms. The largest absolute Gasteiger partial charge is 0.493 e. The lowest BCUT2D eigenvalue weighted by Gasteiger charge is -2.17. The molecular formula is C18H21FN2O3. The summed E-state index contributed by atoms with van der Waals surface area (Å²) in [6.07, 6.45) is 4.31. The Labute approximate surface area is 140 Å². The van der Waals surface area contributed by atoms with Crippen LogP contribution in [-0.2, 0) is 11.2 Å². The molecule has 0 aliphatic carbocycles.